The molecule has 0 saturated heterocycles. The number of rotatable bonds is 10. The minimum atomic E-state index is -8.71. The van der Waals surface area contributed by atoms with Crippen molar-refractivity contribution < 1.29 is 83.8 Å². The van der Waals surface area contributed by atoms with Crippen LogP contribution in [-0.4, -0.2) is 72.2 Å². The second-order valence-corrected chi connectivity index (χ2v) is 6.33. The third-order valence-corrected chi connectivity index (χ3v) is 4.13. The molecule has 224 valence electrons. The highest BCUT2D eigenvalue weighted by Gasteiger charge is 2.94. The number of halogens is 19. The first-order valence-corrected chi connectivity index (χ1v) is 8.63. The van der Waals surface area contributed by atoms with Gasteiger partial charge in [0.2, 0.25) is 5.83 Å². The molecular formula is C15H15F18IN2O. The number of carbonyl (C=O) groups excluding carboxylic acids is 1. The van der Waals surface area contributed by atoms with Crippen molar-refractivity contribution in [2.75, 3.05) is 19.8 Å². The van der Waals surface area contributed by atoms with E-state index < -0.39 is 59.4 Å². The molecule has 22 heteroatoms. The smallest absolute Gasteiger partial charge is 0.318 e. The van der Waals surface area contributed by atoms with Gasteiger partial charge in [0.05, 0.1) is 0 Å². The van der Waals surface area contributed by atoms with Crippen molar-refractivity contribution in [3.05, 3.63) is 11.9 Å². The Labute approximate surface area is 212 Å². The van der Waals surface area contributed by atoms with Gasteiger partial charge >= 0.3 is 47.8 Å². The number of ketones is 1. The van der Waals surface area contributed by atoms with Crippen LogP contribution in [0.2, 0.25) is 0 Å². The summed E-state index contributed by atoms with van der Waals surface area (Å²) in [6.45, 7) is 7.03. The Morgan fingerprint density at radius 1 is 0.622 bits per heavy atom. The predicted octanol–water partition coefficient (Wildman–Crippen LogP) is 6.87. The van der Waals surface area contributed by atoms with E-state index in [0.717, 1.165) is 13.1 Å². The Bertz CT molecular complexity index is 781. The van der Waals surface area contributed by atoms with Crippen LogP contribution in [-0.2, 0) is 4.79 Å². The molecule has 0 aliphatic heterocycles. The zero-order valence-corrected chi connectivity index (χ0v) is 20.1. The van der Waals surface area contributed by atoms with E-state index in [1.807, 2.05) is 0 Å². The Kier molecular flexibility index (Phi) is 13.9. The zero-order chi connectivity index (χ0) is 29.9. The molecule has 0 aliphatic rings. The van der Waals surface area contributed by atoms with Gasteiger partial charge in [-0.25, -0.2) is 0 Å². The van der Waals surface area contributed by atoms with Crippen LogP contribution >= 0.6 is 24.0 Å². The molecule has 0 aromatic rings. The fourth-order valence-electron chi connectivity index (χ4n) is 1.81. The summed E-state index contributed by atoms with van der Waals surface area (Å²) in [5.74, 6) is -59.3. The molecule has 0 aromatic carbocycles. The molecule has 37 heavy (non-hydrogen) atoms. The normalized spacial score (nSPS) is 14.0. The van der Waals surface area contributed by atoms with Crippen molar-refractivity contribution in [1.82, 2.24) is 4.90 Å². The van der Waals surface area contributed by atoms with Gasteiger partial charge in [-0.2, -0.15) is 79.0 Å². The summed E-state index contributed by atoms with van der Waals surface area (Å²) in [6.07, 6.45) is -12.0. The van der Waals surface area contributed by atoms with Crippen molar-refractivity contribution >= 4 is 29.8 Å². The first-order chi connectivity index (χ1) is 15.6. The van der Waals surface area contributed by atoms with E-state index in [9.17, 15) is 83.8 Å². The number of hydrogen-bond acceptors (Lipinski definition) is 3. The van der Waals surface area contributed by atoms with E-state index in [-0.39, 0.29) is 24.0 Å². The van der Waals surface area contributed by atoms with Gasteiger partial charge in [-0.05, 0) is 13.1 Å². The second-order valence-electron chi connectivity index (χ2n) is 6.33. The van der Waals surface area contributed by atoms with E-state index in [0.29, 0.717) is 6.67 Å². The number of hydrogen-bond donors (Lipinski definition) is 1. The summed E-state index contributed by atoms with van der Waals surface area (Å²) in [5, 5.41) is 0. The molecule has 0 fully saturated rings. The number of nitrogens with zero attached hydrogens (tertiary/aromatic N) is 1. The maximum atomic E-state index is 13.1. The topological polar surface area (TPSA) is 46.3 Å². The summed E-state index contributed by atoms with van der Waals surface area (Å²) >= 11 is 0. The zero-order valence-electron chi connectivity index (χ0n) is 17.8. The van der Waals surface area contributed by atoms with Crippen LogP contribution in [0.5, 0.6) is 0 Å². The van der Waals surface area contributed by atoms with Crippen LogP contribution in [0, 0.1) is 0 Å². The van der Waals surface area contributed by atoms with Crippen LogP contribution in [0.1, 0.15) is 13.8 Å². The quantitative estimate of drug-likeness (QED) is 0.117. The molecule has 0 heterocycles. The molecule has 0 bridgehead atoms. The largest absolute Gasteiger partial charge is 0.460 e. The Morgan fingerprint density at radius 2 is 0.919 bits per heavy atom. The third-order valence-electron chi connectivity index (χ3n) is 4.13. The maximum Gasteiger partial charge on any atom is 0.460 e. The standard InChI is InChI=1S/C10F18O.C5H14N2.HI/c11-1(3(12)13)2(29)4(14,15)5(16,17)6(18,19)7(20,21)8(22,23)9(24,25)10(26,27)28;1-3-7(4-2)5-6;/h;3-6H2,1-2H3;1H. The second kappa shape index (κ2) is 12.8. The van der Waals surface area contributed by atoms with E-state index in [2.05, 4.69) is 18.7 Å². The number of carbonyl (C=O) groups is 1. The minimum absolute atomic E-state index is 0. The third kappa shape index (κ3) is 7.06. The summed E-state index contributed by atoms with van der Waals surface area (Å²) in [4.78, 5) is 12.5. The lowest BCUT2D eigenvalue weighted by atomic mass is 9.89. The van der Waals surface area contributed by atoms with Gasteiger partial charge < -0.3 is 5.73 Å². The summed E-state index contributed by atoms with van der Waals surface area (Å²) in [7, 11) is 0. The molecular weight excluding hydrogens is 693 g/mol. The number of nitrogens with two attached hydrogens (primary N) is 1. The van der Waals surface area contributed by atoms with Crippen molar-refractivity contribution in [3.8, 4) is 0 Å². The molecule has 0 aliphatic carbocycles. The van der Waals surface area contributed by atoms with Crippen LogP contribution in [0.25, 0.3) is 0 Å². The molecule has 0 atom stereocenters. The van der Waals surface area contributed by atoms with E-state index in [1.54, 1.807) is 0 Å². The van der Waals surface area contributed by atoms with Crippen LogP contribution in [0.3, 0.4) is 0 Å². The molecule has 0 rings (SSSR count). The average molecular weight is 708 g/mol. The summed E-state index contributed by atoms with van der Waals surface area (Å²) in [5.41, 5.74) is 5.32. The molecule has 0 spiro atoms. The van der Waals surface area contributed by atoms with Gasteiger partial charge in [0, 0.05) is 6.67 Å². The molecule has 2 N–H and O–H groups in total. The summed E-state index contributed by atoms with van der Waals surface area (Å²) < 4.78 is 226. The van der Waals surface area contributed by atoms with Gasteiger partial charge in [-0.1, -0.05) is 13.8 Å². The maximum absolute atomic E-state index is 13.1. The lowest BCUT2D eigenvalue weighted by Gasteiger charge is -2.41. The van der Waals surface area contributed by atoms with Crippen molar-refractivity contribution in [3.63, 3.8) is 0 Å². The Hall–Kier alpha value is -1.20. The monoisotopic (exact) mass is 708 g/mol. The highest BCUT2D eigenvalue weighted by atomic mass is 127. The number of alkyl halides is 15. The van der Waals surface area contributed by atoms with E-state index in [1.165, 1.54) is 0 Å². The first kappa shape index (κ1) is 40.3. The Balaban J connectivity index is -0.00000126. The number of Topliss-reactive ketones (excluding diaryl/α,β-unsaturated/α-hetero) is 1. The predicted molar refractivity (Wildman–Crippen MR) is 98.5 cm³/mol. The van der Waals surface area contributed by atoms with Crippen molar-refractivity contribution in [1.29, 1.82) is 0 Å². The lowest BCUT2D eigenvalue weighted by molar-refractivity contribution is -0.449. The van der Waals surface area contributed by atoms with Gasteiger partial charge in [-0.15, -0.1) is 24.0 Å². The van der Waals surface area contributed by atoms with Gasteiger partial charge in [0.15, 0.2) is 0 Å². The molecule has 0 unspecified atom stereocenters. The van der Waals surface area contributed by atoms with Crippen molar-refractivity contribution in [2.45, 2.75) is 55.6 Å². The lowest BCUT2D eigenvalue weighted by Crippen LogP contribution is -2.73. The molecule has 3 nitrogen and oxygen atoms in total. The average Bonchev–Trinajstić information content (AvgIpc) is 2.72. The molecule has 0 saturated carbocycles. The highest BCUT2D eigenvalue weighted by molar-refractivity contribution is 14.0. The number of allylic oxidation sites excluding steroid dienone is 1. The van der Waals surface area contributed by atoms with Gasteiger partial charge in [0.1, 0.15) is 0 Å². The van der Waals surface area contributed by atoms with Crippen LogP contribution < -0.4 is 5.73 Å². The minimum Gasteiger partial charge on any atom is -0.318 e. The molecule has 0 radical (unpaired) electrons. The van der Waals surface area contributed by atoms with Gasteiger partial charge in [-0.3, -0.25) is 9.69 Å². The van der Waals surface area contributed by atoms with Crippen molar-refractivity contribution in [2.24, 2.45) is 5.73 Å². The van der Waals surface area contributed by atoms with Crippen LogP contribution in [0.4, 0.5) is 79.0 Å². The molecule has 0 amide bonds. The van der Waals surface area contributed by atoms with Crippen LogP contribution in [0.15, 0.2) is 11.9 Å². The Morgan fingerprint density at radius 3 is 1.14 bits per heavy atom. The van der Waals surface area contributed by atoms with Gasteiger partial charge in [0.25, 0.3) is 5.78 Å². The first-order valence-electron chi connectivity index (χ1n) is 8.63. The summed E-state index contributed by atoms with van der Waals surface area (Å²) in [6, 6.07) is 0. The SMILES string of the molecule is CCN(CC)CN.I.O=C(C(F)=C(F)F)C(F)(F)C(F)(F)C(F)(F)C(F)(F)C(F)(F)C(F)(F)C(F)(F)F. The fourth-order valence-corrected chi connectivity index (χ4v) is 1.81. The van der Waals surface area contributed by atoms with E-state index in [4.69, 9.17) is 5.73 Å². The highest BCUT2D eigenvalue weighted by Crippen LogP contribution is 2.62. The van der Waals surface area contributed by atoms with E-state index >= 15 is 0 Å². The molecule has 0 aromatic heterocycles. The fraction of sp³-hybridized carbons (Fsp3) is 0.800.